The van der Waals surface area contributed by atoms with Crippen molar-refractivity contribution < 1.29 is 0 Å². The van der Waals surface area contributed by atoms with Gasteiger partial charge in [0.05, 0.1) is 0 Å². The molecule has 3 heterocycles. The minimum Gasteiger partial charge on any atom is -0.311 e. The van der Waals surface area contributed by atoms with Crippen LogP contribution in [-0.4, -0.2) is 54.1 Å². The number of benzene rings is 1. The first-order valence-corrected chi connectivity index (χ1v) is 10.5. The van der Waals surface area contributed by atoms with Gasteiger partial charge in [0.25, 0.3) is 0 Å². The van der Waals surface area contributed by atoms with E-state index in [1.165, 1.54) is 69.4 Å². The van der Waals surface area contributed by atoms with E-state index in [0.29, 0.717) is 18.0 Å². The van der Waals surface area contributed by atoms with Crippen LogP contribution >= 0.6 is 0 Å². The van der Waals surface area contributed by atoms with E-state index < -0.39 is 0 Å². The van der Waals surface area contributed by atoms with E-state index in [1.54, 1.807) is 0 Å². The van der Waals surface area contributed by atoms with Crippen LogP contribution in [0.3, 0.4) is 0 Å². The van der Waals surface area contributed by atoms with Crippen LogP contribution in [0.2, 0.25) is 0 Å². The van der Waals surface area contributed by atoms with E-state index in [0.717, 1.165) is 12.6 Å². The van der Waals surface area contributed by atoms with Gasteiger partial charge < -0.3 is 5.32 Å². The van der Waals surface area contributed by atoms with Crippen LogP contribution in [0.15, 0.2) is 24.3 Å². The average molecular weight is 342 g/mol. The van der Waals surface area contributed by atoms with Crippen molar-refractivity contribution in [2.24, 2.45) is 0 Å². The minimum absolute atomic E-state index is 0.592. The molecule has 3 fully saturated rings. The summed E-state index contributed by atoms with van der Waals surface area (Å²) in [5.41, 5.74) is 3.00. The monoisotopic (exact) mass is 341 g/mol. The van der Waals surface area contributed by atoms with Gasteiger partial charge in [-0.2, -0.15) is 0 Å². The highest BCUT2D eigenvalue weighted by atomic mass is 15.3. The Balaban J connectivity index is 1.32. The maximum Gasteiger partial charge on any atom is 0.0235 e. The highest BCUT2D eigenvalue weighted by Gasteiger charge is 2.29. The zero-order chi connectivity index (χ0) is 17.2. The van der Waals surface area contributed by atoms with Gasteiger partial charge in [-0.25, -0.2) is 0 Å². The number of nitrogens with zero attached hydrogens (tertiary/aromatic N) is 2. The molecule has 0 bridgehead atoms. The van der Waals surface area contributed by atoms with Crippen molar-refractivity contribution in [3.8, 4) is 0 Å². The normalized spacial score (nSPS) is 34.6. The fraction of sp³-hybridized carbons (Fsp3) is 0.727. The first kappa shape index (κ1) is 17.5. The Kier molecular flexibility index (Phi) is 5.44. The van der Waals surface area contributed by atoms with Gasteiger partial charge in [-0.15, -0.1) is 0 Å². The molecule has 4 unspecified atom stereocenters. The van der Waals surface area contributed by atoms with Crippen molar-refractivity contribution in [2.45, 2.75) is 76.5 Å². The highest BCUT2D eigenvalue weighted by molar-refractivity contribution is 5.27. The second-order valence-corrected chi connectivity index (χ2v) is 8.70. The Morgan fingerprint density at radius 2 is 1.72 bits per heavy atom. The van der Waals surface area contributed by atoms with E-state index in [9.17, 15) is 0 Å². The average Bonchev–Trinajstić information content (AvgIpc) is 3.27. The highest BCUT2D eigenvalue weighted by Crippen LogP contribution is 2.30. The molecule has 4 rings (SSSR count). The van der Waals surface area contributed by atoms with Gasteiger partial charge >= 0.3 is 0 Å². The molecule has 3 aliphatic rings. The smallest absolute Gasteiger partial charge is 0.0235 e. The number of rotatable bonds is 4. The van der Waals surface area contributed by atoms with Gasteiger partial charge in [0.15, 0.2) is 0 Å². The van der Waals surface area contributed by atoms with Crippen molar-refractivity contribution in [3.63, 3.8) is 0 Å². The summed E-state index contributed by atoms with van der Waals surface area (Å²) in [6.45, 7) is 11.0. The molecule has 0 amide bonds. The zero-order valence-electron chi connectivity index (χ0n) is 16.1. The third kappa shape index (κ3) is 4.10. The van der Waals surface area contributed by atoms with Crippen molar-refractivity contribution in [1.82, 2.24) is 15.1 Å². The molecule has 0 aromatic heterocycles. The van der Waals surface area contributed by atoms with Crippen LogP contribution in [0.5, 0.6) is 0 Å². The minimum atomic E-state index is 0.592. The molecular weight excluding hydrogens is 306 g/mol. The number of piperidine rings is 1. The summed E-state index contributed by atoms with van der Waals surface area (Å²) in [5.74, 6) is 0.677. The molecular formula is C22H35N3. The van der Waals surface area contributed by atoms with Crippen LogP contribution in [0.4, 0.5) is 0 Å². The van der Waals surface area contributed by atoms with Crippen LogP contribution in [-0.2, 0) is 6.54 Å². The quantitative estimate of drug-likeness (QED) is 0.903. The number of likely N-dealkylation sites (tertiary alicyclic amines) is 2. The molecule has 0 saturated carbocycles. The molecule has 1 aromatic rings. The van der Waals surface area contributed by atoms with Crippen LogP contribution < -0.4 is 5.32 Å². The van der Waals surface area contributed by atoms with E-state index in [4.69, 9.17) is 0 Å². The predicted molar refractivity (Wildman–Crippen MR) is 105 cm³/mol. The van der Waals surface area contributed by atoms with Crippen molar-refractivity contribution in [3.05, 3.63) is 35.4 Å². The summed E-state index contributed by atoms with van der Waals surface area (Å²) >= 11 is 0. The summed E-state index contributed by atoms with van der Waals surface area (Å²) in [7, 11) is 0. The second-order valence-electron chi connectivity index (χ2n) is 8.70. The molecule has 1 N–H and O–H groups in total. The van der Waals surface area contributed by atoms with Gasteiger partial charge in [-0.3, -0.25) is 9.80 Å². The number of nitrogens with one attached hydrogen (secondary N) is 1. The zero-order valence-corrected chi connectivity index (χ0v) is 16.1. The number of hydrogen-bond donors (Lipinski definition) is 1. The van der Waals surface area contributed by atoms with Crippen molar-refractivity contribution in [2.75, 3.05) is 26.2 Å². The lowest BCUT2D eigenvalue weighted by Crippen LogP contribution is -2.43. The molecule has 4 atom stereocenters. The third-order valence-electron chi connectivity index (χ3n) is 6.78. The number of hydrogen-bond acceptors (Lipinski definition) is 3. The van der Waals surface area contributed by atoms with Gasteiger partial charge in [-0.05, 0) is 76.1 Å². The Hall–Kier alpha value is -0.900. The summed E-state index contributed by atoms with van der Waals surface area (Å²) in [5, 5.41) is 3.72. The first-order valence-electron chi connectivity index (χ1n) is 10.5. The standard InChI is InChI=1S/C22H35N3/c1-17-5-10-22(18(2)23-17)20-8-6-19(7-9-20)15-24-14-11-21(16-24)25-12-3-4-13-25/h6-9,17-18,21-23H,3-5,10-16H2,1-2H3. The third-order valence-corrected chi connectivity index (χ3v) is 6.78. The molecule has 0 radical (unpaired) electrons. The lowest BCUT2D eigenvalue weighted by atomic mass is 9.83. The Morgan fingerprint density at radius 3 is 2.44 bits per heavy atom. The summed E-state index contributed by atoms with van der Waals surface area (Å²) in [6, 6.07) is 11.6. The fourth-order valence-corrected chi connectivity index (χ4v) is 5.27. The summed E-state index contributed by atoms with van der Waals surface area (Å²) < 4.78 is 0. The van der Waals surface area contributed by atoms with E-state index in [-0.39, 0.29) is 0 Å². The Morgan fingerprint density at radius 1 is 0.960 bits per heavy atom. The molecule has 25 heavy (non-hydrogen) atoms. The molecule has 1 aromatic carbocycles. The van der Waals surface area contributed by atoms with Crippen LogP contribution in [0, 0.1) is 0 Å². The Bertz CT molecular complexity index is 549. The molecule has 0 aliphatic carbocycles. The van der Waals surface area contributed by atoms with Crippen molar-refractivity contribution in [1.29, 1.82) is 0 Å². The topological polar surface area (TPSA) is 18.5 Å². The van der Waals surface area contributed by atoms with Crippen LogP contribution in [0.25, 0.3) is 0 Å². The Labute approximate surface area is 153 Å². The lowest BCUT2D eigenvalue weighted by molar-refractivity contribution is 0.230. The van der Waals surface area contributed by atoms with Gasteiger partial charge in [0.1, 0.15) is 0 Å². The molecule has 0 spiro atoms. The maximum atomic E-state index is 3.72. The molecule has 3 heteroatoms. The van der Waals surface area contributed by atoms with Gasteiger partial charge in [0, 0.05) is 37.8 Å². The van der Waals surface area contributed by atoms with E-state index in [1.807, 2.05) is 0 Å². The van der Waals surface area contributed by atoms with Crippen LogP contribution in [0.1, 0.15) is 63.0 Å². The lowest BCUT2D eigenvalue weighted by Gasteiger charge is -2.34. The molecule has 138 valence electrons. The van der Waals surface area contributed by atoms with E-state index in [2.05, 4.69) is 53.2 Å². The van der Waals surface area contributed by atoms with E-state index >= 15 is 0 Å². The molecule has 3 nitrogen and oxygen atoms in total. The summed E-state index contributed by atoms with van der Waals surface area (Å²) in [4.78, 5) is 5.38. The maximum absolute atomic E-state index is 3.72. The first-order chi connectivity index (χ1) is 12.2. The largest absolute Gasteiger partial charge is 0.311 e. The second kappa shape index (κ2) is 7.77. The van der Waals surface area contributed by atoms with Gasteiger partial charge in [0.2, 0.25) is 0 Å². The predicted octanol–water partition coefficient (Wildman–Crippen LogP) is 3.60. The summed E-state index contributed by atoms with van der Waals surface area (Å²) in [6.07, 6.45) is 6.79. The fourth-order valence-electron chi connectivity index (χ4n) is 5.27. The van der Waals surface area contributed by atoms with Gasteiger partial charge in [-0.1, -0.05) is 24.3 Å². The molecule has 3 aliphatic heterocycles. The SMILES string of the molecule is CC1CCC(c2ccc(CN3CCC(N4CCCC4)C3)cc2)C(C)N1. The molecule has 3 saturated heterocycles. The van der Waals surface area contributed by atoms with Crippen molar-refractivity contribution >= 4 is 0 Å².